The first-order valence-electron chi connectivity index (χ1n) is 23.9. The number of rotatable bonds is 44. The second-order valence-electron chi connectivity index (χ2n) is 16.5. The van der Waals surface area contributed by atoms with Crippen LogP contribution in [0, 0.1) is 0 Å². The first kappa shape index (κ1) is 51.1. The molecule has 0 saturated heterocycles. The van der Waals surface area contributed by atoms with Gasteiger partial charge in [0, 0.05) is 6.42 Å². The minimum absolute atomic E-state index is 0.0683. The number of amides is 1. The molecule has 0 aromatic rings. The zero-order chi connectivity index (χ0) is 37.8. The van der Waals surface area contributed by atoms with E-state index >= 15 is 0 Å². The van der Waals surface area contributed by atoms with Crippen LogP contribution in [0.4, 0.5) is 0 Å². The standard InChI is InChI=1S/C48H95NO3/c1-3-5-7-9-10-11-12-13-14-15-16-17-18-19-20-21-22-23-24-25-26-27-28-29-30-31-32-33-34-35-36-37-38-39-40-42-44-48(52)49-46(45-50)47(51)43-41-8-6-4-2/h41,43,46-47,50-51H,3-40,42,44-45H2,1-2H3,(H,49,52)/b43-41+. The topological polar surface area (TPSA) is 69.6 Å². The Labute approximate surface area is 327 Å². The molecule has 0 aliphatic heterocycles. The number of allylic oxidation sites excluding steroid dienone is 1. The molecule has 1 amide bonds. The first-order chi connectivity index (χ1) is 25.7. The summed E-state index contributed by atoms with van der Waals surface area (Å²) in [5.74, 6) is -0.0683. The maximum atomic E-state index is 12.2. The molecule has 0 bridgehead atoms. The molecule has 0 aliphatic carbocycles. The van der Waals surface area contributed by atoms with Crippen LogP contribution in [-0.2, 0) is 4.79 Å². The molecule has 0 aromatic heterocycles. The fraction of sp³-hybridized carbons (Fsp3) is 0.938. The van der Waals surface area contributed by atoms with Crippen LogP contribution < -0.4 is 5.32 Å². The van der Waals surface area contributed by atoms with Crippen molar-refractivity contribution in [3.05, 3.63) is 12.2 Å². The van der Waals surface area contributed by atoms with Crippen LogP contribution in [0.2, 0.25) is 0 Å². The van der Waals surface area contributed by atoms with Crippen LogP contribution in [0.1, 0.15) is 271 Å². The van der Waals surface area contributed by atoms with Crippen LogP contribution in [0.3, 0.4) is 0 Å². The lowest BCUT2D eigenvalue weighted by Crippen LogP contribution is -2.45. The Kier molecular flexibility index (Phi) is 43.8. The van der Waals surface area contributed by atoms with Gasteiger partial charge in [-0.1, -0.05) is 264 Å². The molecule has 0 saturated carbocycles. The zero-order valence-corrected chi connectivity index (χ0v) is 35.6. The molecule has 52 heavy (non-hydrogen) atoms. The number of carbonyl (C=O) groups is 1. The van der Waals surface area contributed by atoms with E-state index in [2.05, 4.69) is 19.2 Å². The third-order valence-corrected chi connectivity index (χ3v) is 11.3. The van der Waals surface area contributed by atoms with Crippen molar-refractivity contribution >= 4 is 5.91 Å². The number of hydrogen-bond donors (Lipinski definition) is 3. The van der Waals surface area contributed by atoms with E-state index in [0.717, 1.165) is 32.1 Å². The number of aliphatic hydroxyl groups excluding tert-OH is 2. The van der Waals surface area contributed by atoms with Gasteiger partial charge in [-0.25, -0.2) is 0 Å². The molecule has 310 valence electrons. The van der Waals surface area contributed by atoms with Gasteiger partial charge in [0.05, 0.1) is 18.8 Å². The summed E-state index contributed by atoms with van der Waals surface area (Å²) in [7, 11) is 0. The van der Waals surface area contributed by atoms with E-state index in [4.69, 9.17) is 0 Å². The summed E-state index contributed by atoms with van der Waals surface area (Å²) in [5.41, 5.74) is 0. The van der Waals surface area contributed by atoms with Crippen molar-refractivity contribution in [3.63, 3.8) is 0 Å². The predicted molar refractivity (Wildman–Crippen MR) is 230 cm³/mol. The highest BCUT2D eigenvalue weighted by Crippen LogP contribution is 2.17. The molecule has 4 nitrogen and oxygen atoms in total. The molecule has 0 aromatic carbocycles. The van der Waals surface area contributed by atoms with Gasteiger partial charge in [0.2, 0.25) is 5.91 Å². The zero-order valence-electron chi connectivity index (χ0n) is 35.6. The largest absolute Gasteiger partial charge is 0.394 e. The SMILES string of the molecule is CCCC/C=C/C(O)C(CO)NC(=O)CCCCCCCCCCCCCCCCCCCCCCCCCCCCCCCCCCCCCC. The van der Waals surface area contributed by atoms with E-state index in [1.165, 1.54) is 218 Å². The number of aliphatic hydroxyl groups is 2. The third kappa shape index (κ3) is 40.3. The lowest BCUT2D eigenvalue weighted by Gasteiger charge is -2.19. The molecule has 2 atom stereocenters. The summed E-state index contributed by atoms with van der Waals surface area (Å²) in [6.07, 6.45) is 57.1. The number of unbranched alkanes of at least 4 members (excludes halogenated alkanes) is 37. The summed E-state index contributed by atoms with van der Waals surface area (Å²) in [5, 5.41) is 22.5. The molecule has 3 N–H and O–H groups in total. The minimum Gasteiger partial charge on any atom is -0.394 e. The van der Waals surface area contributed by atoms with Crippen LogP contribution in [-0.4, -0.2) is 34.9 Å². The van der Waals surface area contributed by atoms with Crippen molar-refractivity contribution in [2.75, 3.05) is 6.61 Å². The van der Waals surface area contributed by atoms with Gasteiger partial charge >= 0.3 is 0 Å². The predicted octanol–water partition coefficient (Wildman–Crippen LogP) is 15.0. The molecule has 4 heteroatoms. The average molecular weight is 734 g/mol. The van der Waals surface area contributed by atoms with Gasteiger partial charge in [-0.05, 0) is 12.8 Å². The molecule has 2 unspecified atom stereocenters. The molecule has 0 fully saturated rings. The number of hydrogen-bond acceptors (Lipinski definition) is 3. The number of carbonyl (C=O) groups excluding carboxylic acids is 1. The Balaban J connectivity index is 3.24. The molecular weight excluding hydrogens is 639 g/mol. The van der Waals surface area contributed by atoms with Gasteiger partial charge < -0.3 is 15.5 Å². The highest BCUT2D eigenvalue weighted by atomic mass is 16.3. The van der Waals surface area contributed by atoms with E-state index in [1.807, 2.05) is 6.08 Å². The van der Waals surface area contributed by atoms with Crippen molar-refractivity contribution in [1.29, 1.82) is 0 Å². The van der Waals surface area contributed by atoms with Crippen LogP contribution in [0.15, 0.2) is 12.2 Å². The first-order valence-corrected chi connectivity index (χ1v) is 23.9. The van der Waals surface area contributed by atoms with Crippen molar-refractivity contribution in [2.24, 2.45) is 0 Å². The van der Waals surface area contributed by atoms with Crippen molar-refractivity contribution in [3.8, 4) is 0 Å². The quantitative estimate of drug-likeness (QED) is 0.0431. The summed E-state index contributed by atoms with van der Waals surface area (Å²) in [4.78, 5) is 12.2. The second kappa shape index (κ2) is 44.5. The van der Waals surface area contributed by atoms with Crippen molar-refractivity contribution in [1.82, 2.24) is 5.32 Å². The Hall–Kier alpha value is -0.870. The lowest BCUT2D eigenvalue weighted by molar-refractivity contribution is -0.123. The molecule has 0 radical (unpaired) electrons. The Morgan fingerprint density at radius 3 is 0.981 bits per heavy atom. The maximum Gasteiger partial charge on any atom is 0.220 e. The Bertz CT molecular complexity index is 710. The van der Waals surface area contributed by atoms with E-state index < -0.39 is 12.1 Å². The van der Waals surface area contributed by atoms with E-state index in [0.29, 0.717) is 6.42 Å². The summed E-state index contributed by atoms with van der Waals surface area (Å²) >= 11 is 0. The van der Waals surface area contributed by atoms with Crippen LogP contribution >= 0.6 is 0 Å². The fourth-order valence-electron chi connectivity index (χ4n) is 7.58. The van der Waals surface area contributed by atoms with E-state index in [-0.39, 0.29) is 12.5 Å². The number of nitrogens with one attached hydrogen (secondary N) is 1. The minimum atomic E-state index is -0.830. The molecule has 0 aliphatic rings. The monoisotopic (exact) mass is 734 g/mol. The lowest BCUT2D eigenvalue weighted by atomic mass is 10.0. The smallest absolute Gasteiger partial charge is 0.220 e. The molecule has 0 heterocycles. The van der Waals surface area contributed by atoms with Gasteiger partial charge in [0.25, 0.3) is 0 Å². The summed E-state index contributed by atoms with van der Waals surface area (Å²) in [6, 6.07) is -0.613. The third-order valence-electron chi connectivity index (χ3n) is 11.3. The average Bonchev–Trinajstić information content (AvgIpc) is 3.15. The van der Waals surface area contributed by atoms with Gasteiger partial charge in [-0.3, -0.25) is 4.79 Å². The Morgan fingerprint density at radius 1 is 0.442 bits per heavy atom. The Morgan fingerprint density at radius 2 is 0.712 bits per heavy atom. The summed E-state index contributed by atoms with van der Waals surface area (Å²) < 4.78 is 0. The molecular formula is C48H95NO3. The van der Waals surface area contributed by atoms with Gasteiger partial charge in [-0.2, -0.15) is 0 Å². The van der Waals surface area contributed by atoms with E-state index in [1.54, 1.807) is 6.08 Å². The van der Waals surface area contributed by atoms with Crippen LogP contribution in [0.25, 0.3) is 0 Å². The fourth-order valence-corrected chi connectivity index (χ4v) is 7.58. The maximum absolute atomic E-state index is 12.2. The van der Waals surface area contributed by atoms with Crippen molar-refractivity contribution in [2.45, 2.75) is 283 Å². The second-order valence-corrected chi connectivity index (χ2v) is 16.5. The van der Waals surface area contributed by atoms with Gasteiger partial charge in [0.1, 0.15) is 0 Å². The van der Waals surface area contributed by atoms with Crippen molar-refractivity contribution < 1.29 is 15.0 Å². The summed E-state index contributed by atoms with van der Waals surface area (Å²) in [6.45, 7) is 4.19. The normalized spacial score (nSPS) is 12.9. The molecule has 0 spiro atoms. The van der Waals surface area contributed by atoms with Gasteiger partial charge in [-0.15, -0.1) is 0 Å². The van der Waals surface area contributed by atoms with E-state index in [9.17, 15) is 15.0 Å². The molecule has 0 rings (SSSR count). The van der Waals surface area contributed by atoms with Gasteiger partial charge in [0.15, 0.2) is 0 Å². The highest BCUT2D eigenvalue weighted by molar-refractivity contribution is 5.76. The highest BCUT2D eigenvalue weighted by Gasteiger charge is 2.17. The van der Waals surface area contributed by atoms with Crippen LogP contribution in [0.5, 0.6) is 0 Å².